The van der Waals surface area contributed by atoms with Gasteiger partial charge in [-0.3, -0.25) is 0 Å². The lowest BCUT2D eigenvalue weighted by molar-refractivity contribution is -0.171. The first kappa shape index (κ1) is 13.9. The van der Waals surface area contributed by atoms with Crippen molar-refractivity contribution >= 4 is 11.9 Å². The number of hydrogen-bond acceptors (Lipinski definition) is 6. The molecule has 0 aliphatic rings. The summed E-state index contributed by atoms with van der Waals surface area (Å²) in [5.41, 5.74) is 0. The first-order chi connectivity index (χ1) is 7.04. The molecule has 0 unspecified atom stereocenters. The highest BCUT2D eigenvalue weighted by Crippen LogP contribution is 2.00. The van der Waals surface area contributed by atoms with Crippen molar-refractivity contribution in [3.63, 3.8) is 0 Å². The first-order valence-corrected chi connectivity index (χ1v) is 4.65. The van der Waals surface area contributed by atoms with Crippen LogP contribution in [0.25, 0.3) is 0 Å². The van der Waals surface area contributed by atoms with Crippen molar-refractivity contribution in [2.45, 2.75) is 32.0 Å². The molecule has 88 valence electrons. The molecule has 6 heteroatoms. The summed E-state index contributed by atoms with van der Waals surface area (Å²) in [4.78, 5) is 21.8. The van der Waals surface area contributed by atoms with E-state index in [1.165, 1.54) is 0 Å². The van der Waals surface area contributed by atoms with E-state index >= 15 is 0 Å². The molecule has 0 aromatic carbocycles. The Morgan fingerprint density at radius 3 is 2.20 bits per heavy atom. The van der Waals surface area contributed by atoms with Gasteiger partial charge in [0.2, 0.25) is 0 Å². The second kappa shape index (κ2) is 7.19. The normalized spacial score (nSPS) is 14.1. The molecule has 0 aromatic heterocycles. The monoisotopic (exact) mass is 220 g/mol. The van der Waals surface area contributed by atoms with Crippen molar-refractivity contribution in [1.82, 2.24) is 0 Å². The second-order valence-electron chi connectivity index (χ2n) is 2.93. The molecule has 0 amide bonds. The summed E-state index contributed by atoms with van der Waals surface area (Å²) in [5, 5.41) is 18.2. The molecule has 0 fully saturated rings. The lowest BCUT2D eigenvalue weighted by Gasteiger charge is -2.14. The zero-order chi connectivity index (χ0) is 11.8. The van der Waals surface area contributed by atoms with E-state index < -0.39 is 24.1 Å². The number of hydrogen-bond donors (Lipinski definition) is 2. The molecule has 0 bridgehead atoms. The Labute approximate surface area is 87.8 Å². The molecule has 0 aliphatic carbocycles. The number of methoxy groups -OCH3 is 1. The fourth-order valence-electron chi connectivity index (χ4n) is 0.781. The number of aliphatic hydroxyl groups excluding tert-OH is 2. The molecule has 0 saturated carbocycles. The van der Waals surface area contributed by atoms with E-state index in [4.69, 9.17) is 10.2 Å². The average molecular weight is 220 g/mol. The third-order valence-corrected chi connectivity index (χ3v) is 1.73. The van der Waals surface area contributed by atoms with Gasteiger partial charge in [-0.1, -0.05) is 13.3 Å². The van der Waals surface area contributed by atoms with E-state index in [0.29, 0.717) is 6.42 Å². The van der Waals surface area contributed by atoms with Gasteiger partial charge in [0.15, 0.2) is 12.2 Å². The fraction of sp³-hybridized carbons (Fsp3) is 0.778. The molecule has 0 aromatic rings. The van der Waals surface area contributed by atoms with Crippen LogP contribution >= 0.6 is 0 Å². The van der Waals surface area contributed by atoms with Gasteiger partial charge in [0.1, 0.15) is 0 Å². The van der Waals surface area contributed by atoms with E-state index in [1.807, 2.05) is 6.92 Å². The SMILES string of the molecule is CCCCOC(=O)[C@H](O)[C@@H](O)C(=O)OC. The van der Waals surface area contributed by atoms with Gasteiger partial charge >= 0.3 is 11.9 Å². The van der Waals surface area contributed by atoms with Crippen molar-refractivity contribution in [2.24, 2.45) is 0 Å². The minimum Gasteiger partial charge on any atom is -0.467 e. The Kier molecular flexibility index (Phi) is 6.64. The summed E-state index contributed by atoms with van der Waals surface area (Å²) >= 11 is 0. The zero-order valence-corrected chi connectivity index (χ0v) is 8.80. The number of unbranched alkanes of at least 4 members (excludes halogenated alkanes) is 1. The molecular formula is C9H16O6. The summed E-state index contributed by atoms with van der Waals surface area (Å²) in [7, 11) is 1.04. The molecule has 2 atom stereocenters. The predicted molar refractivity (Wildman–Crippen MR) is 49.9 cm³/mol. The van der Waals surface area contributed by atoms with E-state index in [-0.39, 0.29) is 6.61 Å². The number of ether oxygens (including phenoxy) is 2. The van der Waals surface area contributed by atoms with Crippen molar-refractivity contribution in [1.29, 1.82) is 0 Å². The highest BCUT2D eigenvalue weighted by Gasteiger charge is 2.32. The first-order valence-electron chi connectivity index (χ1n) is 4.65. The zero-order valence-electron chi connectivity index (χ0n) is 8.80. The Hall–Kier alpha value is -1.14. The van der Waals surface area contributed by atoms with Gasteiger partial charge in [-0.15, -0.1) is 0 Å². The van der Waals surface area contributed by atoms with Gasteiger partial charge in [-0.05, 0) is 6.42 Å². The highest BCUT2D eigenvalue weighted by molar-refractivity contribution is 5.85. The maximum Gasteiger partial charge on any atom is 0.338 e. The fourth-order valence-corrected chi connectivity index (χ4v) is 0.781. The van der Waals surface area contributed by atoms with Gasteiger partial charge in [0.05, 0.1) is 13.7 Å². The average Bonchev–Trinajstić information content (AvgIpc) is 2.26. The summed E-state index contributed by atoms with van der Waals surface area (Å²) in [6, 6.07) is 0. The van der Waals surface area contributed by atoms with Crippen LogP contribution in [0, 0.1) is 0 Å². The van der Waals surface area contributed by atoms with Crippen LogP contribution in [0.4, 0.5) is 0 Å². The van der Waals surface area contributed by atoms with Crippen molar-refractivity contribution < 1.29 is 29.3 Å². The van der Waals surface area contributed by atoms with Gasteiger partial charge in [0.25, 0.3) is 0 Å². The lowest BCUT2D eigenvalue weighted by Crippen LogP contribution is -2.41. The van der Waals surface area contributed by atoms with E-state index in [2.05, 4.69) is 9.47 Å². The largest absolute Gasteiger partial charge is 0.467 e. The molecule has 0 heterocycles. The van der Waals surface area contributed by atoms with Crippen LogP contribution in [-0.4, -0.2) is 48.1 Å². The number of aliphatic hydroxyl groups is 2. The summed E-state index contributed by atoms with van der Waals surface area (Å²) in [6.07, 6.45) is -2.30. The predicted octanol–water partition coefficient (Wildman–Crippen LogP) is -0.776. The Balaban J connectivity index is 4.02. The molecule has 0 rings (SSSR count). The van der Waals surface area contributed by atoms with Crippen LogP contribution < -0.4 is 0 Å². The highest BCUT2D eigenvalue weighted by atomic mass is 16.6. The van der Waals surface area contributed by atoms with Gasteiger partial charge < -0.3 is 19.7 Å². The minimum atomic E-state index is -1.90. The van der Waals surface area contributed by atoms with Crippen molar-refractivity contribution in [3.8, 4) is 0 Å². The van der Waals surface area contributed by atoms with Crippen molar-refractivity contribution in [2.75, 3.05) is 13.7 Å². The lowest BCUT2D eigenvalue weighted by atomic mass is 10.2. The Morgan fingerprint density at radius 1 is 1.20 bits per heavy atom. The van der Waals surface area contributed by atoms with Gasteiger partial charge in [-0.2, -0.15) is 0 Å². The third kappa shape index (κ3) is 4.75. The summed E-state index contributed by atoms with van der Waals surface area (Å²) < 4.78 is 8.76. The molecule has 6 nitrogen and oxygen atoms in total. The molecule has 0 aliphatic heterocycles. The van der Waals surface area contributed by atoms with Crippen molar-refractivity contribution in [3.05, 3.63) is 0 Å². The second-order valence-corrected chi connectivity index (χ2v) is 2.93. The summed E-state index contributed by atoms with van der Waals surface area (Å²) in [5.74, 6) is -2.10. The summed E-state index contributed by atoms with van der Waals surface area (Å²) in [6.45, 7) is 2.06. The maximum atomic E-state index is 11.0. The van der Waals surface area contributed by atoms with Crippen LogP contribution in [0.2, 0.25) is 0 Å². The smallest absolute Gasteiger partial charge is 0.338 e. The van der Waals surface area contributed by atoms with Gasteiger partial charge in [-0.25, -0.2) is 9.59 Å². The standard InChI is InChI=1S/C9H16O6/c1-3-4-5-15-9(13)7(11)6(10)8(12)14-2/h6-7,10-11H,3-5H2,1-2H3/t6-,7-/m1/s1. The number of esters is 2. The number of carbonyl (C=O) groups excluding carboxylic acids is 2. The van der Waals surface area contributed by atoms with Crippen LogP contribution in [0.15, 0.2) is 0 Å². The molecule has 0 spiro atoms. The maximum absolute atomic E-state index is 11.0. The Bertz CT molecular complexity index is 215. The molecule has 0 saturated heterocycles. The topological polar surface area (TPSA) is 93.1 Å². The van der Waals surface area contributed by atoms with Crippen LogP contribution in [0.5, 0.6) is 0 Å². The van der Waals surface area contributed by atoms with Crippen LogP contribution in [-0.2, 0) is 19.1 Å². The third-order valence-electron chi connectivity index (χ3n) is 1.73. The molecule has 2 N–H and O–H groups in total. The van der Waals surface area contributed by atoms with Gasteiger partial charge in [0, 0.05) is 0 Å². The molecule has 0 radical (unpaired) electrons. The van der Waals surface area contributed by atoms with Crippen LogP contribution in [0.3, 0.4) is 0 Å². The number of rotatable bonds is 6. The van der Waals surface area contributed by atoms with E-state index in [0.717, 1.165) is 13.5 Å². The van der Waals surface area contributed by atoms with E-state index in [1.54, 1.807) is 0 Å². The van der Waals surface area contributed by atoms with E-state index in [9.17, 15) is 9.59 Å². The quantitative estimate of drug-likeness (QED) is 0.451. The Morgan fingerprint density at radius 2 is 1.73 bits per heavy atom. The number of carbonyl (C=O) groups is 2. The molecule has 15 heavy (non-hydrogen) atoms. The van der Waals surface area contributed by atoms with Crippen LogP contribution in [0.1, 0.15) is 19.8 Å². The minimum absolute atomic E-state index is 0.153. The molecular weight excluding hydrogens is 204 g/mol.